The molecule has 7 heteroatoms. The van der Waals surface area contributed by atoms with Gasteiger partial charge in [0.15, 0.2) is 5.58 Å². The summed E-state index contributed by atoms with van der Waals surface area (Å²) in [5.74, 6) is 1.06. The van der Waals surface area contributed by atoms with Gasteiger partial charge in [-0.25, -0.2) is 0 Å². The second kappa shape index (κ2) is 9.33. The van der Waals surface area contributed by atoms with Crippen LogP contribution in [0, 0.1) is 0 Å². The molecule has 1 N–H and O–H groups in total. The first-order chi connectivity index (χ1) is 16.1. The maximum absolute atomic E-state index is 10.6. The fourth-order valence-electron chi connectivity index (χ4n) is 4.47. The van der Waals surface area contributed by atoms with E-state index in [1.165, 1.54) is 0 Å². The molecule has 1 fully saturated rings. The highest BCUT2D eigenvalue weighted by Crippen LogP contribution is 2.33. The Morgan fingerprint density at radius 1 is 1.03 bits per heavy atom. The van der Waals surface area contributed by atoms with E-state index in [2.05, 4.69) is 21.0 Å². The number of halogens is 1. The van der Waals surface area contributed by atoms with Crippen molar-refractivity contribution in [3.8, 4) is 11.5 Å². The first kappa shape index (κ1) is 21.6. The number of fused-ring (bicyclic) bond motifs is 1. The summed E-state index contributed by atoms with van der Waals surface area (Å²) in [6.07, 6.45) is 0.597. The Bertz CT molecular complexity index is 1260. The molecule has 0 amide bonds. The minimum atomic E-state index is 0.236. The molecule has 4 aromatic rings. The number of aromatic nitrogens is 1. The van der Waals surface area contributed by atoms with Crippen LogP contribution < -0.4 is 9.64 Å². The van der Waals surface area contributed by atoms with Gasteiger partial charge in [0.1, 0.15) is 11.5 Å². The van der Waals surface area contributed by atoms with E-state index < -0.39 is 0 Å². The van der Waals surface area contributed by atoms with Crippen molar-refractivity contribution in [3.63, 3.8) is 0 Å². The topological polar surface area (TPSA) is 62.0 Å². The number of methoxy groups -OCH3 is 1. The predicted molar refractivity (Wildman–Crippen MR) is 130 cm³/mol. The van der Waals surface area contributed by atoms with E-state index in [1.807, 2.05) is 48.5 Å². The van der Waals surface area contributed by atoms with Crippen LogP contribution in [0.15, 0.2) is 65.2 Å². The molecule has 1 aliphatic heterocycles. The number of aromatic hydroxyl groups is 1. The summed E-state index contributed by atoms with van der Waals surface area (Å²) in [5.41, 5.74) is 4.45. The first-order valence-electron chi connectivity index (χ1n) is 11.1. The van der Waals surface area contributed by atoms with Gasteiger partial charge < -0.3 is 19.3 Å². The van der Waals surface area contributed by atoms with E-state index in [4.69, 9.17) is 20.9 Å². The molecular formula is C26H26ClN3O3. The molecule has 5 rings (SSSR count). The van der Waals surface area contributed by atoms with Gasteiger partial charge in [-0.2, -0.15) is 0 Å². The molecule has 0 unspecified atom stereocenters. The second-order valence-corrected chi connectivity index (χ2v) is 8.74. The third-order valence-electron chi connectivity index (χ3n) is 6.27. The molecule has 0 atom stereocenters. The number of rotatable bonds is 6. The lowest BCUT2D eigenvalue weighted by Crippen LogP contribution is -2.46. The number of phenols is 1. The minimum Gasteiger partial charge on any atom is -0.507 e. The molecule has 2 heterocycles. The van der Waals surface area contributed by atoms with Gasteiger partial charge in [0.25, 0.3) is 0 Å². The van der Waals surface area contributed by atoms with E-state index in [1.54, 1.807) is 13.2 Å². The Morgan fingerprint density at radius 2 is 1.85 bits per heavy atom. The summed E-state index contributed by atoms with van der Waals surface area (Å²) in [5, 5.41) is 16.6. The van der Waals surface area contributed by atoms with E-state index in [0.29, 0.717) is 18.5 Å². The van der Waals surface area contributed by atoms with Crippen molar-refractivity contribution in [2.75, 3.05) is 38.2 Å². The maximum Gasteiger partial charge on any atom is 0.175 e. The summed E-state index contributed by atoms with van der Waals surface area (Å²) in [6, 6.07) is 19.5. The number of piperazine rings is 1. The zero-order chi connectivity index (χ0) is 22.8. The van der Waals surface area contributed by atoms with Crippen LogP contribution >= 0.6 is 11.6 Å². The van der Waals surface area contributed by atoms with Crippen molar-refractivity contribution in [1.29, 1.82) is 0 Å². The van der Waals surface area contributed by atoms with Crippen molar-refractivity contribution in [1.82, 2.24) is 10.1 Å². The number of phenolic OH excluding ortho intramolecular Hbond substituents is 1. The average molecular weight is 464 g/mol. The molecule has 170 valence electrons. The number of hydrogen-bond donors (Lipinski definition) is 1. The van der Waals surface area contributed by atoms with Gasteiger partial charge in [0.05, 0.1) is 18.4 Å². The predicted octanol–water partition coefficient (Wildman–Crippen LogP) is 5.11. The van der Waals surface area contributed by atoms with Crippen LogP contribution in [0.2, 0.25) is 5.02 Å². The second-order valence-electron chi connectivity index (χ2n) is 8.30. The molecule has 1 aromatic heterocycles. The fourth-order valence-corrected chi connectivity index (χ4v) is 4.65. The Hall–Kier alpha value is -3.22. The van der Waals surface area contributed by atoms with Crippen molar-refractivity contribution < 1.29 is 14.4 Å². The summed E-state index contributed by atoms with van der Waals surface area (Å²) in [7, 11) is 1.67. The third kappa shape index (κ3) is 4.49. The molecule has 0 saturated carbocycles. The van der Waals surface area contributed by atoms with E-state index in [-0.39, 0.29) is 5.75 Å². The molecule has 6 nitrogen and oxygen atoms in total. The number of para-hydroxylation sites is 1. The molecule has 1 aliphatic rings. The average Bonchev–Trinajstić information content (AvgIpc) is 3.24. The molecule has 0 bridgehead atoms. The fraction of sp³-hybridized carbons (Fsp3) is 0.269. The maximum atomic E-state index is 10.6. The highest BCUT2D eigenvalue weighted by Gasteiger charge is 2.22. The summed E-state index contributed by atoms with van der Waals surface area (Å²) < 4.78 is 11.2. The van der Waals surface area contributed by atoms with Gasteiger partial charge in [-0.3, -0.25) is 4.90 Å². The molecule has 0 radical (unpaired) electrons. The zero-order valence-corrected chi connectivity index (χ0v) is 19.3. The SMILES string of the molecule is COc1ccccc1Cc1noc2c(CN3CCN(c4cccc(Cl)c4)CC3)c(O)ccc12. The molecular weight excluding hydrogens is 438 g/mol. The highest BCUT2D eigenvalue weighted by molar-refractivity contribution is 6.30. The lowest BCUT2D eigenvalue weighted by molar-refractivity contribution is 0.246. The van der Waals surface area contributed by atoms with Gasteiger partial charge >= 0.3 is 0 Å². The number of anilines is 1. The Labute approximate surface area is 197 Å². The molecule has 0 aliphatic carbocycles. The van der Waals surface area contributed by atoms with Gasteiger partial charge in [-0.15, -0.1) is 0 Å². The third-order valence-corrected chi connectivity index (χ3v) is 6.51. The van der Waals surface area contributed by atoms with Crippen molar-refractivity contribution >= 4 is 28.3 Å². The lowest BCUT2D eigenvalue weighted by Gasteiger charge is -2.36. The zero-order valence-electron chi connectivity index (χ0n) is 18.5. The Kier molecular flexibility index (Phi) is 6.11. The number of ether oxygens (including phenoxy) is 1. The molecule has 3 aromatic carbocycles. The van der Waals surface area contributed by atoms with Crippen LogP contribution in [0.5, 0.6) is 11.5 Å². The van der Waals surface area contributed by atoms with Crippen LogP contribution in [0.4, 0.5) is 5.69 Å². The minimum absolute atomic E-state index is 0.236. The van der Waals surface area contributed by atoms with E-state index >= 15 is 0 Å². The molecule has 33 heavy (non-hydrogen) atoms. The van der Waals surface area contributed by atoms with Crippen molar-refractivity contribution in [2.45, 2.75) is 13.0 Å². The van der Waals surface area contributed by atoms with Gasteiger partial charge in [-0.1, -0.05) is 41.0 Å². The van der Waals surface area contributed by atoms with Crippen LogP contribution in [0.25, 0.3) is 11.0 Å². The quantitative estimate of drug-likeness (QED) is 0.429. The van der Waals surface area contributed by atoms with Crippen molar-refractivity contribution in [2.24, 2.45) is 0 Å². The van der Waals surface area contributed by atoms with Gasteiger partial charge in [-0.05, 0) is 36.4 Å². The smallest absolute Gasteiger partial charge is 0.175 e. The van der Waals surface area contributed by atoms with Gasteiger partial charge in [0, 0.05) is 60.8 Å². The highest BCUT2D eigenvalue weighted by atomic mass is 35.5. The monoisotopic (exact) mass is 463 g/mol. The van der Waals surface area contributed by atoms with Crippen LogP contribution in [0.1, 0.15) is 16.8 Å². The van der Waals surface area contributed by atoms with Crippen LogP contribution in [-0.2, 0) is 13.0 Å². The number of hydrogen-bond acceptors (Lipinski definition) is 6. The number of benzene rings is 3. The van der Waals surface area contributed by atoms with Crippen molar-refractivity contribution in [3.05, 3.63) is 82.5 Å². The molecule has 1 saturated heterocycles. The summed E-state index contributed by atoms with van der Waals surface area (Å²) >= 11 is 6.15. The summed E-state index contributed by atoms with van der Waals surface area (Å²) in [4.78, 5) is 4.67. The Balaban J connectivity index is 1.33. The standard InChI is InChI=1S/C26H26ClN3O3/c1-32-25-8-3-2-5-18(25)15-23-21-9-10-24(31)22(26(21)33-28-23)17-29-11-13-30(14-12-29)20-7-4-6-19(27)16-20/h2-10,16,31H,11-15,17H2,1H3. The van der Waals surface area contributed by atoms with Crippen LogP contribution in [0.3, 0.4) is 0 Å². The van der Waals surface area contributed by atoms with E-state index in [9.17, 15) is 5.11 Å². The first-order valence-corrected chi connectivity index (χ1v) is 11.4. The number of nitrogens with zero attached hydrogens (tertiary/aromatic N) is 3. The summed E-state index contributed by atoms with van der Waals surface area (Å²) in [6.45, 7) is 4.16. The largest absolute Gasteiger partial charge is 0.507 e. The van der Waals surface area contributed by atoms with E-state index in [0.717, 1.165) is 64.8 Å². The molecule has 0 spiro atoms. The van der Waals surface area contributed by atoms with Gasteiger partial charge in [0.2, 0.25) is 0 Å². The lowest BCUT2D eigenvalue weighted by atomic mass is 10.0. The van der Waals surface area contributed by atoms with Crippen LogP contribution in [-0.4, -0.2) is 48.5 Å². The Morgan fingerprint density at radius 3 is 2.64 bits per heavy atom. The normalized spacial score (nSPS) is 14.7.